The van der Waals surface area contributed by atoms with Crippen LogP contribution in [-0.2, 0) is 0 Å². The molecule has 0 aliphatic carbocycles. The van der Waals surface area contributed by atoms with E-state index in [1.54, 1.807) is 0 Å². The molecule has 0 saturated carbocycles. The minimum absolute atomic E-state index is 0.207. The summed E-state index contributed by atoms with van der Waals surface area (Å²) in [5, 5.41) is 18.2. The number of rotatable bonds is 2. The van der Waals surface area contributed by atoms with E-state index in [1.165, 1.54) is 0 Å². The number of benzene rings is 1. The second kappa shape index (κ2) is 4.12. The van der Waals surface area contributed by atoms with Crippen molar-refractivity contribution in [1.82, 2.24) is 0 Å². The normalized spacial score (nSPS) is 12.1. The van der Waals surface area contributed by atoms with Gasteiger partial charge in [0.1, 0.15) is 5.75 Å². The molecular formula is C11H14N2O. The number of hydrogen-bond acceptors (Lipinski definition) is 3. The van der Waals surface area contributed by atoms with Gasteiger partial charge in [0.15, 0.2) is 0 Å². The van der Waals surface area contributed by atoms with Crippen LogP contribution in [0.5, 0.6) is 5.75 Å². The Balaban J connectivity index is 3.14. The Morgan fingerprint density at radius 2 is 2.14 bits per heavy atom. The highest BCUT2D eigenvalue weighted by Gasteiger charge is 2.12. The van der Waals surface area contributed by atoms with Gasteiger partial charge in [-0.3, -0.25) is 0 Å². The summed E-state index contributed by atoms with van der Waals surface area (Å²) in [7, 11) is 0. The molecule has 3 heteroatoms. The highest BCUT2D eigenvalue weighted by molar-refractivity contribution is 5.44. The van der Waals surface area contributed by atoms with E-state index in [-0.39, 0.29) is 12.2 Å². The van der Waals surface area contributed by atoms with Crippen molar-refractivity contribution >= 4 is 0 Å². The maximum absolute atomic E-state index is 9.73. The third kappa shape index (κ3) is 2.04. The fourth-order valence-electron chi connectivity index (χ4n) is 1.48. The van der Waals surface area contributed by atoms with E-state index in [0.29, 0.717) is 5.56 Å². The topological polar surface area (TPSA) is 70.0 Å². The van der Waals surface area contributed by atoms with Crippen molar-refractivity contribution in [2.24, 2.45) is 5.73 Å². The molecule has 3 nitrogen and oxygen atoms in total. The molecule has 0 fully saturated rings. The van der Waals surface area contributed by atoms with Crippen molar-refractivity contribution in [1.29, 1.82) is 5.26 Å². The van der Waals surface area contributed by atoms with Gasteiger partial charge in [-0.25, -0.2) is 0 Å². The molecule has 0 spiro atoms. The highest BCUT2D eigenvalue weighted by atomic mass is 16.3. The van der Waals surface area contributed by atoms with Crippen LogP contribution in [0.1, 0.15) is 29.2 Å². The van der Waals surface area contributed by atoms with Crippen molar-refractivity contribution in [2.75, 3.05) is 0 Å². The van der Waals surface area contributed by atoms with E-state index < -0.39 is 6.04 Å². The second-order valence-corrected chi connectivity index (χ2v) is 3.49. The molecule has 0 radical (unpaired) electrons. The molecule has 0 amide bonds. The largest absolute Gasteiger partial charge is 0.507 e. The molecule has 0 aliphatic rings. The first-order valence-electron chi connectivity index (χ1n) is 4.49. The summed E-state index contributed by atoms with van der Waals surface area (Å²) in [6.07, 6.45) is 0.219. The summed E-state index contributed by atoms with van der Waals surface area (Å²) in [5.74, 6) is 0.207. The molecule has 1 aromatic carbocycles. The first-order valence-corrected chi connectivity index (χ1v) is 4.49. The van der Waals surface area contributed by atoms with Crippen LogP contribution in [0, 0.1) is 25.2 Å². The van der Waals surface area contributed by atoms with Gasteiger partial charge in [0.05, 0.1) is 12.5 Å². The standard InChI is InChI=1S/C11H14N2O/c1-7-5-8(2)11(14)9(6-7)10(13)3-4-12/h5-6,10,14H,3,13H2,1-2H3/t10-/m0/s1. The molecule has 0 saturated heterocycles. The predicted molar refractivity (Wildman–Crippen MR) is 54.7 cm³/mol. The van der Waals surface area contributed by atoms with Crippen molar-refractivity contribution in [3.05, 3.63) is 28.8 Å². The van der Waals surface area contributed by atoms with E-state index in [1.807, 2.05) is 32.0 Å². The zero-order chi connectivity index (χ0) is 10.7. The maximum atomic E-state index is 9.73. The van der Waals surface area contributed by atoms with E-state index in [2.05, 4.69) is 0 Å². The Labute approximate surface area is 83.8 Å². The summed E-state index contributed by atoms with van der Waals surface area (Å²) >= 11 is 0. The number of phenols is 1. The fraction of sp³-hybridized carbons (Fsp3) is 0.364. The van der Waals surface area contributed by atoms with Gasteiger partial charge in [0, 0.05) is 11.6 Å². The minimum atomic E-state index is -0.404. The van der Waals surface area contributed by atoms with E-state index in [4.69, 9.17) is 11.0 Å². The van der Waals surface area contributed by atoms with Crippen LogP contribution < -0.4 is 5.73 Å². The van der Waals surface area contributed by atoms with Crippen LogP contribution in [0.15, 0.2) is 12.1 Å². The zero-order valence-electron chi connectivity index (χ0n) is 8.41. The van der Waals surface area contributed by atoms with Crippen molar-refractivity contribution in [3.63, 3.8) is 0 Å². The number of nitrogens with two attached hydrogens (primary N) is 1. The number of nitrogens with zero attached hydrogens (tertiary/aromatic N) is 1. The summed E-state index contributed by atoms with van der Waals surface area (Å²) in [4.78, 5) is 0. The van der Waals surface area contributed by atoms with Crippen molar-refractivity contribution in [2.45, 2.75) is 26.3 Å². The van der Waals surface area contributed by atoms with E-state index >= 15 is 0 Å². The van der Waals surface area contributed by atoms with Crippen LogP contribution in [0.3, 0.4) is 0 Å². The summed E-state index contributed by atoms with van der Waals surface area (Å²) < 4.78 is 0. The first kappa shape index (κ1) is 10.6. The van der Waals surface area contributed by atoms with Crippen LogP contribution in [0.2, 0.25) is 0 Å². The Bertz CT molecular complexity index is 380. The van der Waals surface area contributed by atoms with Gasteiger partial charge < -0.3 is 10.8 Å². The highest BCUT2D eigenvalue weighted by Crippen LogP contribution is 2.29. The summed E-state index contributed by atoms with van der Waals surface area (Å²) in [6, 6.07) is 5.30. The zero-order valence-corrected chi connectivity index (χ0v) is 8.41. The van der Waals surface area contributed by atoms with E-state index in [0.717, 1.165) is 11.1 Å². The third-order valence-electron chi connectivity index (χ3n) is 2.18. The van der Waals surface area contributed by atoms with Gasteiger partial charge in [-0.15, -0.1) is 0 Å². The van der Waals surface area contributed by atoms with Crippen molar-refractivity contribution in [3.8, 4) is 11.8 Å². The summed E-state index contributed by atoms with van der Waals surface area (Å²) in [5.41, 5.74) is 8.26. The van der Waals surface area contributed by atoms with E-state index in [9.17, 15) is 5.11 Å². The lowest BCUT2D eigenvalue weighted by Gasteiger charge is -2.13. The maximum Gasteiger partial charge on any atom is 0.123 e. The molecular weight excluding hydrogens is 176 g/mol. The molecule has 3 N–H and O–H groups in total. The van der Waals surface area contributed by atoms with Gasteiger partial charge in [-0.05, 0) is 19.4 Å². The SMILES string of the molecule is Cc1cc(C)c(O)c([C@@H](N)CC#N)c1. The molecule has 74 valence electrons. The second-order valence-electron chi connectivity index (χ2n) is 3.49. The molecule has 1 atom stereocenters. The molecule has 1 aromatic rings. The van der Waals surface area contributed by atoms with Gasteiger partial charge in [-0.1, -0.05) is 17.7 Å². The fourth-order valence-corrected chi connectivity index (χ4v) is 1.48. The smallest absolute Gasteiger partial charge is 0.123 e. The minimum Gasteiger partial charge on any atom is -0.507 e. The molecule has 1 rings (SSSR count). The number of hydrogen-bond donors (Lipinski definition) is 2. The lowest BCUT2D eigenvalue weighted by molar-refractivity contribution is 0.457. The number of phenolic OH excluding ortho intramolecular Hbond substituents is 1. The quantitative estimate of drug-likeness (QED) is 0.748. The molecule has 14 heavy (non-hydrogen) atoms. The summed E-state index contributed by atoms with van der Waals surface area (Å²) in [6.45, 7) is 3.76. The average Bonchev–Trinajstić information content (AvgIpc) is 2.11. The molecule has 0 unspecified atom stereocenters. The first-order chi connectivity index (χ1) is 6.56. The molecule has 0 aromatic heterocycles. The number of aromatic hydroxyl groups is 1. The van der Waals surface area contributed by atoms with Gasteiger partial charge in [0.25, 0.3) is 0 Å². The monoisotopic (exact) mass is 190 g/mol. The Kier molecular flexibility index (Phi) is 3.10. The van der Waals surface area contributed by atoms with Crippen LogP contribution in [0.25, 0.3) is 0 Å². The van der Waals surface area contributed by atoms with Gasteiger partial charge >= 0.3 is 0 Å². The third-order valence-corrected chi connectivity index (χ3v) is 2.18. The molecule has 0 bridgehead atoms. The average molecular weight is 190 g/mol. The Morgan fingerprint density at radius 3 is 2.71 bits per heavy atom. The number of aryl methyl sites for hydroxylation is 2. The predicted octanol–water partition coefficient (Wildman–Crippen LogP) is 1.92. The van der Waals surface area contributed by atoms with Crippen molar-refractivity contribution < 1.29 is 5.11 Å². The number of nitriles is 1. The molecule has 0 aliphatic heterocycles. The van der Waals surface area contributed by atoms with Gasteiger partial charge in [-0.2, -0.15) is 5.26 Å². The van der Waals surface area contributed by atoms with Crippen LogP contribution in [0.4, 0.5) is 0 Å². The Hall–Kier alpha value is -1.53. The van der Waals surface area contributed by atoms with Gasteiger partial charge in [0.2, 0.25) is 0 Å². The lowest BCUT2D eigenvalue weighted by Crippen LogP contribution is -2.10. The van der Waals surface area contributed by atoms with Crippen LogP contribution in [-0.4, -0.2) is 5.11 Å². The molecule has 0 heterocycles. The lowest BCUT2D eigenvalue weighted by atomic mass is 9.99. The Morgan fingerprint density at radius 1 is 1.50 bits per heavy atom. The van der Waals surface area contributed by atoms with Crippen LogP contribution >= 0.6 is 0 Å².